The van der Waals surface area contributed by atoms with Crippen LogP contribution in [0.3, 0.4) is 0 Å². The van der Waals surface area contributed by atoms with Crippen molar-refractivity contribution in [2.45, 2.75) is 26.7 Å². The second-order valence-corrected chi connectivity index (χ2v) is 6.76. The van der Waals surface area contributed by atoms with E-state index < -0.39 is 0 Å². The van der Waals surface area contributed by atoms with Crippen molar-refractivity contribution in [3.05, 3.63) is 27.3 Å². The molecule has 106 valence electrons. The summed E-state index contributed by atoms with van der Waals surface area (Å²) in [4.78, 5) is 15.3. The van der Waals surface area contributed by atoms with Crippen LogP contribution in [0.5, 0.6) is 0 Å². The molecular formula is C14H17N3O2S. The number of benzene rings is 1. The molecule has 2 aromatic rings. The molecule has 1 aromatic carbocycles. The zero-order valence-corrected chi connectivity index (χ0v) is 12.4. The normalized spacial score (nSPS) is 16.3. The van der Waals surface area contributed by atoms with Crippen molar-refractivity contribution >= 4 is 32.9 Å². The topological polar surface area (TPSA) is 68.1 Å². The quantitative estimate of drug-likeness (QED) is 0.668. The van der Waals surface area contributed by atoms with Crippen molar-refractivity contribution in [1.29, 1.82) is 0 Å². The van der Waals surface area contributed by atoms with Crippen LogP contribution in [0.25, 0.3) is 10.2 Å². The predicted octanol–water partition coefficient (Wildman–Crippen LogP) is 3.97. The number of nitro benzene ring substituents is 1. The zero-order chi connectivity index (χ0) is 14.3. The summed E-state index contributed by atoms with van der Waals surface area (Å²) in [6.07, 6.45) is 2.57. The standard InChI is InChI=1S/C14H17N3O2S/c1-8(10-3-4-10)7-15-11-5-12-14(20-9(2)16-12)6-13(11)17(18)19/h5-6,8,10,15H,3-4,7H2,1-2H3. The fourth-order valence-corrected chi connectivity index (χ4v) is 3.32. The maximum Gasteiger partial charge on any atom is 0.293 e. The van der Waals surface area contributed by atoms with Gasteiger partial charge in [-0.1, -0.05) is 6.92 Å². The number of hydrogen-bond acceptors (Lipinski definition) is 5. The first kappa shape index (κ1) is 13.3. The van der Waals surface area contributed by atoms with Crippen molar-refractivity contribution < 1.29 is 4.92 Å². The third kappa shape index (κ3) is 2.60. The molecule has 0 radical (unpaired) electrons. The lowest BCUT2D eigenvalue weighted by Gasteiger charge is -2.12. The van der Waals surface area contributed by atoms with Crippen molar-refractivity contribution in [2.75, 3.05) is 11.9 Å². The minimum Gasteiger partial charge on any atom is -0.379 e. The molecule has 1 aliphatic rings. The fraction of sp³-hybridized carbons (Fsp3) is 0.500. The van der Waals surface area contributed by atoms with E-state index in [-0.39, 0.29) is 10.6 Å². The molecule has 1 aromatic heterocycles. The number of hydrogen-bond donors (Lipinski definition) is 1. The van der Waals surface area contributed by atoms with Crippen molar-refractivity contribution in [1.82, 2.24) is 4.98 Å². The number of rotatable bonds is 5. The lowest BCUT2D eigenvalue weighted by atomic mass is 10.1. The van der Waals surface area contributed by atoms with Crippen LogP contribution in [-0.4, -0.2) is 16.5 Å². The number of nitrogens with zero attached hydrogens (tertiary/aromatic N) is 2. The smallest absolute Gasteiger partial charge is 0.293 e. The predicted molar refractivity (Wildman–Crippen MR) is 81.4 cm³/mol. The minimum absolute atomic E-state index is 0.143. The van der Waals surface area contributed by atoms with Gasteiger partial charge in [-0.3, -0.25) is 10.1 Å². The van der Waals surface area contributed by atoms with Crippen LogP contribution >= 0.6 is 11.3 Å². The Kier molecular flexibility index (Phi) is 3.33. The van der Waals surface area contributed by atoms with E-state index in [2.05, 4.69) is 17.2 Å². The molecule has 0 saturated heterocycles. The monoisotopic (exact) mass is 291 g/mol. The van der Waals surface area contributed by atoms with E-state index in [0.717, 1.165) is 27.7 Å². The second-order valence-electron chi connectivity index (χ2n) is 5.52. The molecule has 0 spiro atoms. The molecule has 20 heavy (non-hydrogen) atoms. The number of thiazole rings is 1. The highest BCUT2D eigenvalue weighted by Crippen LogP contribution is 2.37. The second kappa shape index (κ2) is 5.01. The van der Waals surface area contributed by atoms with Crippen LogP contribution in [-0.2, 0) is 0 Å². The SMILES string of the molecule is Cc1nc2cc(NCC(C)C3CC3)c([N+](=O)[O-])cc2s1. The van der Waals surface area contributed by atoms with E-state index >= 15 is 0 Å². The third-order valence-electron chi connectivity index (χ3n) is 3.85. The van der Waals surface area contributed by atoms with Gasteiger partial charge in [-0.2, -0.15) is 0 Å². The summed E-state index contributed by atoms with van der Waals surface area (Å²) in [5.41, 5.74) is 1.56. The molecule has 1 N–H and O–H groups in total. The van der Waals surface area contributed by atoms with Crippen LogP contribution in [0.1, 0.15) is 24.8 Å². The van der Waals surface area contributed by atoms with Gasteiger partial charge in [0.15, 0.2) is 0 Å². The molecule has 3 rings (SSSR count). The molecule has 1 aliphatic carbocycles. The largest absolute Gasteiger partial charge is 0.379 e. The third-order valence-corrected chi connectivity index (χ3v) is 4.78. The highest BCUT2D eigenvalue weighted by atomic mass is 32.1. The zero-order valence-electron chi connectivity index (χ0n) is 11.5. The van der Waals surface area contributed by atoms with Gasteiger partial charge in [-0.15, -0.1) is 11.3 Å². The minimum atomic E-state index is -0.321. The van der Waals surface area contributed by atoms with Gasteiger partial charge in [0, 0.05) is 12.6 Å². The molecule has 5 nitrogen and oxygen atoms in total. The molecule has 1 atom stereocenters. The molecular weight excluding hydrogens is 274 g/mol. The Morgan fingerprint density at radius 3 is 2.95 bits per heavy atom. The first-order valence-corrected chi connectivity index (χ1v) is 7.65. The first-order chi connectivity index (χ1) is 9.54. The molecule has 1 unspecified atom stereocenters. The average molecular weight is 291 g/mol. The Morgan fingerprint density at radius 2 is 2.30 bits per heavy atom. The van der Waals surface area contributed by atoms with E-state index in [9.17, 15) is 10.1 Å². The number of nitro groups is 1. The van der Waals surface area contributed by atoms with E-state index in [1.54, 1.807) is 12.1 Å². The summed E-state index contributed by atoms with van der Waals surface area (Å²) in [5.74, 6) is 1.34. The summed E-state index contributed by atoms with van der Waals surface area (Å²) >= 11 is 1.49. The molecule has 1 saturated carbocycles. The number of nitrogens with one attached hydrogen (secondary N) is 1. The van der Waals surface area contributed by atoms with Gasteiger partial charge in [-0.25, -0.2) is 4.98 Å². The van der Waals surface area contributed by atoms with Gasteiger partial charge in [-0.05, 0) is 37.7 Å². The Hall–Kier alpha value is -1.69. The highest BCUT2D eigenvalue weighted by molar-refractivity contribution is 7.18. The van der Waals surface area contributed by atoms with Crippen LogP contribution in [0.2, 0.25) is 0 Å². The van der Waals surface area contributed by atoms with Crippen LogP contribution < -0.4 is 5.32 Å². The number of anilines is 1. The average Bonchev–Trinajstić information content (AvgIpc) is 3.17. The number of aryl methyl sites for hydroxylation is 1. The number of fused-ring (bicyclic) bond motifs is 1. The van der Waals surface area contributed by atoms with Crippen molar-refractivity contribution in [3.8, 4) is 0 Å². The summed E-state index contributed by atoms with van der Waals surface area (Å²) < 4.78 is 0.870. The van der Waals surface area contributed by atoms with E-state index in [1.165, 1.54) is 24.2 Å². The first-order valence-electron chi connectivity index (χ1n) is 6.84. The van der Waals surface area contributed by atoms with Gasteiger partial charge >= 0.3 is 0 Å². The molecule has 0 aliphatic heterocycles. The van der Waals surface area contributed by atoms with Gasteiger partial charge in [0.05, 0.1) is 20.1 Å². The van der Waals surface area contributed by atoms with Crippen molar-refractivity contribution in [3.63, 3.8) is 0 Å². The Labute approximate surface area is 121 Å². The molecule has 1 heterocycles. The Morgan fingerprint density at radius 1 is 1.55 bits per heavy atom. The molecule has 0 amide bonds. The lowest BCUT2D eigenvalue weighted by molar-refractivity contribution is -0.383. The van der Waals surface area contributed by atoms with E-state index in [4.69, 9.17) is 0 Å². The summed E-state index contributed by atoms with van der Waals surface area (Å²) in [5, 5.41) is 15.4. The van der Waals surface area contributed by atoms with Gasteiger partial charge in [0.2, 0.25) is 0 Å². The summed E-state index contributed by atoms with van der Waals surface area (Å²) in [7, 11) is 0. The maximum absolute atomic E-state index is 11.2. The van der Waals surface area contributed by atoms with Crippen LogP contribution in [0.15, 0.2) is 12.1 Å². The molecule has 1 fully saturated rings. The van der Waals surface area contributed by atoms with Crippen LogP contribution in [0, 0.1) is 28.9 Å². The molecule has 6 heteroatoms. The Balaban J connectivity index is 1.89. The van der Waals surface area contributed by atoms with E-state index in [1.807, 2.05) is 6.92 Å². The summed E-state index contributed by atoms with van der Waals surface area (Å²) in [6, 6.07) is 3.43. The van der Waals surface area contributed by atoms with E-state index in [0.29, 0.717) is 11.6 Å². The lowest BCUT2D eigenvalue weighted by Crippen LogP contribution is -2.13. The Bertz CT molecular complexity index is 664. The van der Waals surface area contributed by atoms with Gasteiger partial charge in [0.25, 0.3) is 5.69 Å². The van der Waals surface area contributed by atoms with Gasteiger partial charge in [0.1, 0.15) is 5.69 Å². The van der Waals surface area contributed by atoms with Crippen LogP contribution in [0.4, 0.5) is 11.4 Å². The highest BCUT2D eigenvalue weighted by Gasteiger charge is 2.28. The maximum atomic E-state index is 11.2. The van der Waals surface area contributed by atoms with Crippen molar-refractivity contribution in [2.24, 2.45) is 11.8 Å². The summed E-state index contributed by atoms with van der Waals surface area (Å²) in [6.45, 7) is 4.89. The number of aromatic nitrogens is 1. The molecule has 0 bridgehead atoms. The fourth-order valence-electron chi connectivity index (χ4n) is 2.47. The van der Waals surface area contributed by atoms with Gasteiger partial charge < -0.3 is 5.32 Å².